The lowest BCUT2D eigenvalue weighted by Crippen LogP contribution is -2.23. The van der Waals surface area contributed by atoms with Crippen LogP contribution in [0, 0.1) is 25.3 Å². The molecule has 0 radical (unpaired) electrons. The minimum atomic E-state index is 0.695. The summed E-state index contributed by atoms with van der Waals surface area (Å²) in [5.41, 5.74) is 4.45. The Morgan fingerprint density at radius 1 is 1.08 bits per heavy atom. The maximum atomic E-state index is 8.83. The predicted octanol–water partition coefficient (Wildman–Crippen LogP) is 3.08. The molecule has 2 aromatic rings. The number of hydrogen-bond donors (Lipinski definition) is 3. The highest BCUT2D eigenvalue weighted by molar-refractivity contribution is 8.14. The minimum absolute atomic E-state index is 0.695. The number of H-pyrrole nitrogens is 2. The summed E-state index contributed by atoms with van der Waals surface area (Å²) >= 11 is 5.23. The normalized spacial score (nSPS) is 11.5. The zero-order valence-electron chi connectivity index (χ0n) is 14.9. The first-order valence-corrected chi connectivity index (χ1v) is 11.5. The number of nitrogens with one attached hydrogen (secondary N) is 3. The summed E-state index contributed by atoms with van der Waals surface area (Å²) in [6.45, 7) is 4.84. The summed E-state index contributed by atoms with van der Waals surface area (Å²) < 4.78 is 0. The van der Waals surface area contributed by atoms with Crippen LogP contribution in [0.1, 0.15) is 22.8 Å². The third kappa shape index (κ3) is 7.35. The van der Waals surface area contributed by atoms with E-state index >= 15 is 0 Å². The maximum Gasteiger partial charge on any atom is 0.208 e. The topological polar surface area (TPSA) is 106 Å². The second kappa shape index (κ2) is 11.9. The predicted molar refractivity (Wildman–Crippen MR) is 112 cm³/mol. The largest absolute Gasteiger partial charge is 0.363 e. The van der Waals surface area contributed by atoms with Crippen molar-refractivity contribution in [3.63, 3.8) is 0 Å². The van der Waals surface area contributed by atoms with Gasteiger partial charge in [-0.3, -0.25) is 0 Å². The maximum absolute atomic E-state index is 8.83. The average Bonchev–Trinajstić information content (AvgIpc) is 3.22. The fourth-order valence-electron chi connectivity index (χ4n) is 2.00. The Bertz CT molecular complexity index is 680. The fourth-order valence-corrected chi connectivity index (χ4v) is 4.81. The number of imidazole rings is 2. The lowest BCUT2D eigenvalue weighted by atomic mass is 10.4. The van der Waals surface area contributed by atoms with Crippen molar-refractivity contribution in [3.8, 4) is 6.19 Å². The van der Waals surface area contributed by atoms with Crippen LogP contribution in [-0.2, 0) is 11.5 Å². The molecule has 0 aromatic carbocycles. The Labute approximate surface area is 166 Å². The Balaban J connectivity index is 1.56. The second-order valence-corrected chi connectivity index (χ2v) is 8.64. The third-order valence-electron chi connectivity index (χ3n) is 3.49. The summed E-state index contributed by atoms with van der Waals surface area (Å²) in [6, 6.07) is 0. The summed E-state index contributed by atoms with van der Waals surface area (Å²) in [7, 11) is 0. The molecule has 0 aliphatic carbocycles. The zero-order chi connectivity index (χ0) is 18.6. The highest BCUT2D eigenvalue weighted by Gasteiger charge is 2.04. The molecule has 0 saturated heterocycles. The van der Waals surface area contributed by atoms with E-state index in [4.69, 9.17) is 5.26 Å². The van der Waals surface area contributed by atoms with Crippen LogP contribution < -0.4 is 5.32 Å². The van der Waals surface area contributed by atoms with Crippen LogP contribution in [0.3, 0.4) is 0 Å². The molecule has 7 nitrogen and oxygen atoms in total. The van der Waals surface area contributed by atoms with Crippen LogP contribution in [0.2, 0.25) is 0 Å². The monoisotopic (exact) mass is 409 g/mol. The van der Waals surface area contributed by atoms with E-state index < -0.39 is 0 Å². The van der Waals surface area contributed by atoms with Crippen molar-refractivity contribution in [2.24, 2.45) is 4.99 Å². The Hall–Kier alpha value is -1.57. The molecule has 10 heteroatoms. The van der Waals surface area contributed by atoms with Gasteiger partial charge >= 0.3 is 0 Å². The number of aromatic amines is 2. The van der Waals surface area contributed by atoms with E-state index in [1.807, 2.05) is 43.6 Å². The molecule has 2 aromatic heterocycles. The van der Waals surface area contributed by atoms with E-state index in [1.54, 1.807) is 24.4 Å². The molecule has 2 rings (SSSR count). The highest BCUT2D eigenvalue weighted by Crippen LogP contribution is 2.15. The van der Waals surface area contributed by atoms with Crippen molar-refractivity contribution < 1.29 is 0 Å². The van der Waals surface area contributed by atoms with Gasteiger partial charge in [-0.2, -0.15) is 28.8 Å². The van der Waals surface area contributed by atoms with Gasteiger partial charge in [0.2, 0.25) is 6.19 Å². The van der Waals surface area contributed by atoms with Crippen LogP contribution in [0.15, 0.2) is 17.6 Å². The second-order valence-electron chi connectivity index (χ2n) is 5.35. The molecule has 0 fully saturated rings. The number of hydrogen-bond acceptors (Lipinski definition) is 7. The molecule has 26 heavy (non-hydrogen) atoms. The van der Waals surface area contributed by atoms with Gasteiger partial charge in [-0.15, -0.1) is 4.99 Å². The van der Waals surface area contributed by atoms with Crippen molar-refractivity contribution >= 4 is 40.5 Å². The lowest BCUT2D eigenvalue weighted by molar-refractivity contribution is 0.990. The van der Waals surface area contributed by atoms with Gasteiger partial charge in [-0.1, -0.05) is 11.8 Å². The average molecular weight is 410 g/mol. The molecular formula is C16H23N7S3. The molecule has 0 aliphatic rings. The molecule has 0 aliphatic heterocycles. The molecule has 0 amide bonds. The Kier molecular flexibility index (Phi) is 9.52. The summed E-state index contributed by atoms with van der Waals surface area (Å²) in [4.78, 5) is 18.6. The molecule has 0 bridgehead atoms. The number of aryl methyl sites for hydroxylation is 2. The van der Waals surface area contributed by atoms with Crippen molar-refractivity contribution in [2.75, 3.05) is 23.8 Å². The molecular weight excluding hydrogens is 386 g/mol. The van der Waals surface area contributed by atoms with Gasteiger partial charge in [-0.05, 0) is 13.8 Å². The number of thioether (sulfide) groups is 3. The summed E-state index contributed by atoms with van der Waals surface area (Å²) in [5, 5.41) is 12.8. The Morgan fingerprint density at radius 3 is 2.23 bits per heavy atom. The van der Waals surface area contributed by atoms with Crippen molar-refractivity contribution in [2.45, 2.75) is 25.4 Å². The standard InChI is InChI=1S/C16H23N7S3/c1-12-14(22-10-20-12)7-24-4-3-18-16(19-9-17)26-6-5-25-8-15-13(2)21-11-23-15/h10-11H,3-8H2,1-2H3,(H,18,19)(H,20,22)(H,21,23). The number of aromatic nitrogens is 4. The van der Waals surface area contributed by atoms with Gasteiger partial charge in [0.25, 0.3) is 0 Å². The SMILES string of the molecule is Cc1[nH]cnc1CSCCN/C(=N/C#N)SCCSCc1nc[nH]c1C. The van der Waals surface area contributed by atoms with Crippen LogP contribution in [0.4, 0.5) is 0 Å². The number of nitrogens with zero attached hydrogens (tertiary/aromatic N) is 4. The van der Waals surface area contributed by atoms with Gasteiger partial charge in [-0.25, -0.2) is 9.97 Å². The number of rotatable bonds is 10. The van der Waals surface area contributed by atoms with E-state index in [0.29, 0.717) is 5.17 Å². The first-order valence-electron chi connectivity index (χ1n) is 8.17. The van der Waals surface area contributed by atoms with Crippen LogP contribution in [0.5, 0.6) is 0 Å². The zero-order valence-corrected chi connectivity index (χ0v) is 17.4. The van der Waals surface area contributed by atoms with Crippen molar-refractivity contribution in [1.29, 1.82) is 5.26 Å². The van der Waals surface area contributed by atoms with Crippen LogP contribution >= 0.6 is 35.3 Å². The molecule has 0 spiro atoms. The fraction of sp³-hybridized carbons (Fsp3) is 0.500. The molecule has 2 heterocycles. The van der Waals surface area contributed by atoms with E-state index in [2.05, 4.69) is 30.2 Å². The molecule has 3 N–H and O–H groups in total. The van der Waals surface area contributed by atoms with Crippen molar-refractivity contribution in [3.05, 3.63) is 35.4 Å². The highest BCUT2D eigenvalue weighted by atomic mass is 32.2. The van der Waals surface area contributed by atoms with Gasteiger partial charge in [0.15, 0.2) is 5.17 Å². The number of amidine groups is 1. The molecule has 0 unspecified atom stereocenters. The van der Waals surface area contributed by atoms with E-state index in [1.165, 1.54) is 0 Å². The summed E-state index contributed by atoms with van der Waals surface area (Å²) in [5.74, 6) is 4.61. The number of aliphatic imine (C=N–C) groups is 1. The lowest BCUT2D eigenvalue weighted by Gasteiger charge is -2.08. The molecule has 0 saturated carbocycles. The molecule has 0 atom stereocenters. The van der Waals surface area contributed by atoms with Gasteiger partial charge in [0.1, 0.15) is 0 Å². The quantitative estimate of drug-likeness (QED) is 0.240. The van der Waals surface area contributed by atoms with Crippen LogP contribution in [-0.4, -0.2) is 48.9 Å². The van der Waals surface area contributed by atoms with Gasteiger partial charge in [0, 0.05) is 46.7 Å². The smallest absolute Gasteiger partial charge is 0.208 e. The van der Waals surface area contributed by atoms with Crippen LogP contribution in [0.25, 0.3) is 0 Å². The van der Waals surface area contributed by atoms with Crippen molar-refractivity contribution in [1.82, 2.24) is 25.3 Å². The van der Waals surface area contributed by atoms with E-state index in [9.17, 15) is 0 Å². The van der Waals surface area contributed by atoms with Gasteiger partial charge < -0.3 is 15.3 Å². The first-order chi connectivity index (χ1) is 12.7. The van der Waals surface area contributed by atoms with E-state index in [0.717, 1.165) is 58.1 Å². The minimum Gasteiger partial charge on any atom is -0.363 e. The first kappa shape index (κ1) is 20.7. The Morgan fingerprint density at radius 2 is 1.69 bits per heavy atom. The van der Waals surface area contributed by atoms with Gasteiger partial charge in [0.05, 0.1) is 24.0 Å². The van der Waals surface area contributed by atoms with E-state index in [-0.39, 0.29) is 0 Å². The summed E-state index contributed by atoms with van der Waals surface area (Å²) in [6.07, 6.45) is 5.33. The molecule has 140 valence electrons. The number of nitriles is 1. The third-order valence-corrected chi connectivity index (χ3v) is 6.60.